The zero-order valence-electron chi connectivity index (χ0n) is 14.6. The molecular formula is C18H28N2O3. The van der Waals surface area contributed by atoms with Gasteiger partial charge in [0.05, 0.1) is 25.4 Å². The Bertz CT molecular complexity index is 517. The van der Waals surface area contributed by atoms with Gasteiger partial charge in [-0.15, -0.1) is 0 Å². The van der Waals surface area contributed by atoms with Gasteiger partial charge >= 0.3 is 0 Å². The highest BCUT2D eigenvalue weighted by molar-refractivity contribution is 5.95. The number of hydrogen-bond donors (Lipinski definition) is 0. The van der Waals surface area contributed by atoms with Crippen molar-refractivity contribution in [3.8, 4) is 0 Å². The van der Waals surface area contributed by atoms with Crippen LogP contribution in [0.1, 0.15) is 29.8 Å². The van der Waals surface area contributed by atoms with Crippen molar-refractivity contribution in [1.82, 2.24) is 9.80 Å². The molecule has 23 heavy (non-hydrogen) atoms. The Morgan fingerprint density at radius 2 is 2.13 bits per heavy atom. The summed E-state index contributed by atoms with van der Waals surface area (Å²) in [7, 11) is 4.02. The molecule has 1 aliphatic rings. The van der Waals surface area contributed by atoms with Gasteiger partial charge in [-0.1, -0.05) is 18.2 Å². The van der Waals surface area contributed by atoms with Crippen LogP contribution in [0.5, 0.6) is 0 Å². The van der Waals surface area contributed by atoms with Crippen LogP contribution in [0.25, 0.3) is 0 Å². The molecule has 1 amide bonds. The molecular weight excluding hydrogens is 292 g/mol. The van der Waals surface area contributed by atoms with E-state index in [1.165, 1.54) is 0 Å². The van der Waals surface area contributed by atoms with Crippen LogP contribution in [-0.2, 0) is 16.0 Å². The summed E-state index contributed by atoms with van der Waals surface area (Å²) < 4.78 is 11.3. The molecule has 5 heteroatoms. The molecule has 0 aliphatic carbocycles. The molecule has 1 atom stereocenters. The van der Waals surface area contributed by atoms with E-state index < -0.39 is 0 Å². The van der Waals surface area contributed by atoms with E-state index in [1.54, 1.807) is 0 Å². The molecule has 0 aromatic heterocycles. The average Bonchev–Trinajstić information content (AvgIpc) is 2.52. The summed E-state index contributed by atoms with van der Waals surface area (Å²) in [6.45, 7) is 7.07. The van der Waals surface area contributed by atoms with Gasteiger partial charge in [-0.3, -0.25) is 4.79 Å². The number of hydrogen-bond acceptors (Lipinski definition) is 4. The Morgan fingerprint density at radius 3 is 2.83 bits per heavy atom. The molecule has 1 saturated heterocycles. The predicted molar refractivity (Wildman–Crippen MR) is 90.6 cm³/mol. The number of carbonyl (C=O) groups excluding carboxylic acids is 1. The van der Waals surface area contributed by atoms with Gasteiger partial charge in [-0.05, 0) is 39.6 Å². The number of rotatable bonds is 6. The van der Waals surface area contributed by atoms with Crippen LogP contribution in [0.2, 0.25) is 0 Å². The summed E-state index contributed by atoms with van der Waals surface area (Å²) in [5.74, 6) is 0.0836. The molecule has 2 rings (SSSR count). The Kier molecular flexibility index (Phi) is 6.57. The molecule has 0 N–H and O–H groups in total. The first kappa shape index (κ1) is 17.9. The standard InChI is InChI=1S/C18H28N2O3/c1-14(2)23-13-16-12-20(9-10-22-16)18(21)17-8-6-5-7-15(17)11-19(3)4/h5-8,14,16H,9-13H2,1-4H3. The van der Waals surface area contributed by atoms with E-state index in [9.17, 15) is 4.79 Å². The number of amides is 1. The molecule has 0 bridgehead atoms. The van der Waals surface area contributed by atoms with E-state index >= 15 is 0 Å². The highest BCUT2D eigenvalue weighted by Gasteiger charge is 2.26. The van der Waals surface area contributed by atoms with Crippen molar-refractivity contribution in [3.63, 3.8) is 0 Å². The number of nitrogens with zero attached hydrogens (tertiary/aromatic N) is 2. The third kappa shape index (κ3) is 5.30. The molecule has 1 heterocycles. The lowest BCUT2D eigenvalue weighted by Crippen LogP contribution is -2.47. The minimum absolute atomic E-state index is 0.0453. The van der Waals surface area contributed by atoms with Crippen LogP contribution in [0.3, 0.4) is 0 Å². The summed E-state index contributed by atoms with van der Waals surface area (Å²) in [6, 6.07) is 7.84. The summed E-state index contributed by atoms with van der Waals surface area (Å²) in [5, 5.41) is 0. The first-order valence-electron chi connectivity index (χ1n) is 8.22. The lowest BCUT2D eigenvalue weighted by molar-refractivity contribution is -0.0725. The number of morpholine rings is 1. The van der Waals surface area contributed by atoms with E-state index in [4.69, 9.17) is 9.47 Å². The van der Waals surface area contributed by atoms with Crippen LogP contribution in [0, 0.1) is 0 Å². The fourth-order valence-electron chi connectivity index (χ4n) is 2.68. The van der Waals surface area contributed by atoms with Crippen LogP contribution >= 0.6 is 0 Å². The number of carbonyl (C=O) groups is 1. The predicted octanol–water partition coefficient (Wildman–Crippen LogP) is 2.01. The normalized spacial score (nSPS) is 18.7. The highest BCUT2D eigenvalue weighted by Crippen LogP contribution is 2.16. The molecule has 1 aromatic carbocycles. The van der Waals surface area contributed by atoms with Gasteiger partial charge in [-0.2, -0.15) is 0 Å². The average molecular weight is 320 g/mol. The van der Waals surface area contributed by atoms with Crippen molar-refractivity contribution in [3.05, 3.63) is 35.4 Å². The molecule has 0 saturated carbocycles. The van der Waals surface area contributed by atoms with Crippen LogP contribution in [-0.4, -0.2) is 68.3 Å². The molecule has 1 aliphatic heterocycles. The third-order valence-electron chi connectivity index (χ3n) is 3.78. The van der Waals surface area contributed by atoms with Crippen molar-refractivity contribution >= 4 is 5.91 Å². The number of ether oxygens (including phenoxy) is 2. The zero-order chi connectivity index (χ0) is 16.8. The molecule has 0 spiro atoms. The lowest BCUT2D eigenvalue weighted by atomic mass is 10.1. The maximum absolute atomic E-state index is 12.9. The first-order valence-corrected chi connectivity index (χ1v) is 8.22. The summed E-state index contributed by atoms with van der Waals surface area (Å²) >= 11 is 0. The van der Waals surface area contributed by atoms with Gasteiger partial charge in [0.15, 0.2) is 0 Å². The molecule has 128 valence electrons. The molecule has 1 aromatic rings. The Balaban J connectivity index is 2.05. The van der Waals surface area contributed by atoms with Gasteiger partial charge < -0.3 is 19.3 Å². The van der Waals surface area contributed by atoms with Gasteiger partial charge in [0.1, 0.15) is 0 Å². The Labute approximate surface area is 139 Å². The minimum atomic E-state index is -0.0453. The summed E-state index contributed by atoms with van der Waals surface area (Å²) in [5.41, 5.74) is 1.84. The third-order valence-corrected chi connectivity index (χ3v) is 3.78. The van der Waals surface area contributed by atoms with E-state index in [1.807, 2.05) is 57.1 Å². The topological polar surface area (TPSA) is 42.0 Å². The maximum Gasteiger partial charge on any atom is 0.254 e. The second kappa shape index (κ2) is 8.43. The zero-order valence-corrected chi connectivity index (χ0v) is 14.6. The lowest BCUT2D eigenvalue weighted by Gasteiger charge is -2.33. The summed E-state index contributed by atoms with van der Waals surface area (Å²) in [6.07, 6.45) is 0.126. The van der Waals surface area contributed by atoms with Crippen LogP contribution < -0.4 is 0 Å². The van der Waals surface area contributed by atoms with Crippen molar-refractivity contribution in [1.29, 1.82) is 0 Å². The van der Waals surface area contributed by atoms with E-state index in [0.29, 0.717) is 26.3 Å². The second-order valence-electron chi connectivity index (χ2n) is 6.52. The van der Waals surface area contributed by atoms with Gasteiger partial charge in [0, 0.05) is 25.2 Å². The Hall–Kier alpha value is -1.43. The van der Waals surface area contributed by atoms with Crippen molar-refractivity contribution in [2.45, 2.75) is 32.6 Å². The van der Waals surface area contributed by atoms with Crippen molar-refractivity contribution in [2.75, 3.05) is 40.4 Å². The summed E-state index contributed by atoms with van der Waals surface area (Å²) in [4.78, 5) is 16.9. The maximum atomic E-state index is 12.9. The quantitative estimate of drug-likeness (QED) is 0.804. The SMILES string of the molecule is CC(C)OCC1CN(C(=O)c2ccccc2CN(C)C)CCO1. The van der Waals surface area contributed by atoms with E-state index in [-0.39, 0.29) is 18.1 Å². The Morgan fingerprint density at radius 1 is 1.39 bits per heavy atom. The molecule has 1 fully saturated rings. The first-order chi connectivity index (χ1) is 11.0. The smallest absolute Gasteiger partial charge is 0.254 e. The van der Waals surface area contributed by atoms with Gasteiger partial charge in [-0.25, -0.2) is 0 Å². The second-order valence-corrected chi connectivity index (χ2v) is 6.52. The van der Waals surface area contributed by atoms with Crippen molar-refractivity contribution in [2.24, 2.45) is 0 Å². The fourth-order valence-corrected chi connectivity index (χ4v) is 2.68. The van der Waals surface area contributed by atoms with Crippen LogP contribution in [0.15, 0.2) is 24.3 Å². The number of benzene rings is 1. The minimum Gasteiger partial charge on any atom is -0.376 e. The molecule has 0 radical (unpaired) electrons. The fraction of sp³-hybridized carbons (Fsp3) is 0.611. The largest absolute Gasteiger partial charge is 0.376 e. The van der Waals surface area contributed by atoms with Gasteiger partial charge in [0.25, 0.3) is 5.91 Å². The molecule has 5 nitrogen and oxygen atoms in total. The van der Waals surface area contributed by atoms with Crippen molar-refractivity contribution < 1.29 is 14.3 Å². The highest BCUT2D eigenvalue weighted by atomic mass is 16.5. The van der Waals surface area contributed by atoms with E-state index in [0.717, 1.165) is 17.7 Å². The molecule has 1 unspecified atom stereocenters. The van der Waals surface area contributed by atoms with Gasteiger partial charge in [0.2, 0.25) is 0 Å². The van der Waals surface area contributed by atoms with Crippen LogP contribution in [0.4, 0.5) is 0 Å². The monoisotopic (exact) mass is 320 g/mol. The van der Waals surface area contributed by atoms with E-state index in [2.05, 4.69) is 4.90 Å².